The number of methoxy groups -OCH3 is 1. The fourth-order valence-corrected chi connectivity index (χ4v) is 5.67. The smallest absolute Gasteiger partial charge is 0.177 e. The van der Waals surface area contributed by atoms with Crippen LogP contribution in [0.1, 0.15) is 51.4 Å². The molecule has 3 fully saturated rings. The lowest BCUT2D eigenvalue weighted by Gasteiger charge is -2.57. The maximum Gasteiger partial charge on any atom is 0.177 e. The molecule has 128 valence electrons. The van der Waals surface area contributed by atoms with Gasteiger partial charge in [-0.05, 0) is 61.6 Å². The first-order chi connectivity index (χ1) is 11.8. The average molecular weight is 325 g/mol. The molecule has 0 bridgehead atoms. The molecule has 0 radical (unpaired) electrons. The van der Waals surface area contributed by atoms with Crippen molar-refractivity contribution in [2.24, 2.45) is 11.3 Å². The van der Waals surface area contributed by atoms with Crippen LogP contribution in [0.3, 0.4) is 0 Å². The highest BCUT2D eigenvalue weighted by Gasteiger charge is 2.48. The monoisotopic (exact) mass is 325 g/mol. The highest BCUT2D eigenvalue weighted by Crippen LogP contribution is 2.54. The maximum atomic E-state index is 5.75. The third kappa shape index (κ3) is 2.09. The van der Waals surface area contributed by atoms with Crippen LogP contribution in [0.4, 0.5) is 5.69 Å². The molecule has 3 heteroatoms. The topological polar surface area (TPSA) is 25.6 Å². The van der Waals surface area contributed by atoms with Gasteiger partial charge in [-0.2, -0.15) is 0 Å². The molecule has 3 nitrogen and oxygen atoms in total. The van der Waals surface area contributed by atoms with Crippen molar-refractivity contribution in [3.8, 4) is 5.75 Å². The second-order valence-electron chi connectivity index (χ2n) is 8.25. The molecule has 3 aliphatic rings. The van der Waals surface area contributed by atoms with Gasteiger partial charge in [0.1, 0.15) is 0 Å². The SMILES string of the molecule is COc1ccc(N2CC3(CCC3)C[C@H]3CCCC[C@H]32)c2ccoc12. The van der Waals surface area contributed by atoms with E-state index in [9.17, 15) is 0 Å². The summed E-state index contributed by atoms with van der Waals surface area (Å²) in [7, 11) is 1.72. The van der Waals surface area contributed by atoms with Crippen LogP contribution in [-0.2, 0) is 0 Å². The number of furan rings is 1. The van der Waals surface area contributed by atoms with Crippen LogP contribution < -0.4 is 9.64 Å². The Balaban J connectivity index is 1.59. The van der Waals surface area contributed by atoms with Crippen molar-refractivity contribution < 1.29 is 9.15 Å². The summed E-state index contributed by atoms with van der Waals surface area (Å²) in [6, 6.07) is 7.19. The van der Waals surface area contributed by atoms with Crippen LogP contribution in [-0.4, -0.2) is 19.7 Å². The van der Waals surface area contributed by atoms with Crippen LogP contribution in [0.25, 0.3) is 11.0 Å². The standard InChI is InChI=1S/C21H27NO2/c1-23-19-8-7-18(16-9-12-24-20(16)19)22-14-21(10-4-11-21)13-15-5-2-3-6-17(15)22/h7-9,12,15,17H,2-6,10-11,13-14H2,1H3/t15-,17-/m1/s1. The quantitative estimate of drug-likeness (QED) is 0.741. The summed E-state index contributed by atoms with van der Waals surface area (Å²) < 4.78 is 11.2. The van der Waals surface area contributed by atoms with E-state index in [0.717, 1.165) is 23.3 Å². The summed E-state index contributed by atoms with van der Waals surface area (Å²) in [5.41, 5.74) is 2.85. The Morgan fingerprint density at radius 1 is 1.12 bits per heavy atom. The number of anilines is 1. The van der Waals surface area contributed by atoms with E-state index in [4.69, 9.17) is 9.15 Å². The van der Waals surface area contributed by atoms with E-state index in [-0.39, 0.29) is 0 Å². The molecule has 1 saturated heterocycles. The number of piperidine rings is 1. The molecule has 0 unspecified atom stereocenters. The van der Waals surface area contributed by atoms with Crippen LogP contribution in [0, 0.1) is 11.3 Å². The van der Waals surface area contributed by atoms with E-state index in [1.54, 1.807) is 13.4 Å². The summed E-state index contributed by atoms with van der Waals surface area (Å²) in [5, 5.41) is 1.22. The summed E-state index contributed by atoms with van der Waals surface area (Å²) in [6.45, 7) is 1.24. The Kier molecular flexibility index (Phi) is 3.33. The Bertz CT molecular complexity index is 745. The molecule has 2 aliphatic carbocycles. The second-order valence-corrected chi connectivity index (χ2v) is 8.25. The largest absolute Gasteiger partial charge is 0.493 e. The molecular weight excluding hydrogens is 298 g/mol. The van der Waals surface area contributed by atoms with Gasteiger partial charge in [0.2, 0.25) is 0 Å². The number of ether oxygens (including phenoxy) is 1. The van der Waals surface area contributed by atoms with E-state index in [1.807, 2.05) is 0 Å². The van der Waals surface area contributed by atoms with Crippen molar-refractivity contribution in [1.82, 2.24) is 0 Å². The summed E-state index contributed by atoms with van der Waals surface area (Å²) in [6.07, 6.45) is 13.1. The summed E-state index contributed by atoms with van der Waals surface area (Å²) >= 11 is 0. The number of hydrogen-bond donors (Lipinski definition) is 0. The van der Waals surface area contributed by atoms with Crippen LogP contribution >= 0.6 is 0 Å². The minimum atomic E-state index is 0.592. The van der Waals surface area contributed by atoms with Crippen molar-refractivity contribution in [3.05, 3.63) is 24.5 Å². The zero-order chi connectivity index (χ0) is 16.1. The maximum absolute atomic E-state index is 5.75. The highest BCUT2D eigenvalue weighted by atomic mass is 16.5. The predicted molar refractivity (Wildman–Crippen MR) is 96.8 cm³/mol. The van der Waals surface area contributed by atoms with Crippen molar-refractivity contribution in [2.75, 3.05) is 18.6 Å². The summed E-state index contributed by atoms with van der Waals surface area (Å²) in [4.78, 5) is 2.75. The van der Waals surface area contributed by atoms with E-state index in [1.165, 1.54) is 69.0 Å². The second kappa shape index (κ2) is 5.44. The van der Waals surface area contributed by atoms with Crippen molar-refractivity contribution in [2.45, 2.75) is 57.4 Å². The molecular formula is C21H27NO2. The van der Waals surface area contributed by atoms with Gasteiger partial charge in [0.05, 0.1) is 13.4 Å². The number of fused-ring (bicyclic) bond motifs is 2. The molecule has 2 atom stereocenters. The van der Waals surface area contributed by atoms with E-state index < -0.39 is 0 Å². The fraction of sp³-hybridized carbons (Fsp3) is 0.619. The van der Waals surface area contributed by atoms with E-state index in [0.29, 0.717) is 5.41 Å². The minimum Gasteiger partial charge on any atom is -0.493 e. The molecule has 2 aromatic rings. The molecule has 2 saturated carbocycles. The van der Waals surface area contributed by atoms with Crippen LogP contribution in [0.5, 0.6) is 5.75 Å². The van der Waals surface area contributed by atoms with Crippen molar-refractivity contribution in [3.63, 3.8) is 0 Å². The van der Waals surface area contributed by atoms with Gasteiger partial charge in [0.15, 0.2) is 11.3 Å². The van der Waals surface area contributed by atoms with Gasteiger partial charge >= 0.3 is 0 Å². The molecule has 1 aromatic heterocycles. The number of nitrogens with zero attached hydrogens (tertiary/aromatic N) is 1. The molecule has 0 N–H and O–H groups in total. The van der Waals surface area contributed by atoms with E-state index >= 15 is 0 Å². The molecule has 5 rings (SSSR count). The lowest BCUT2D eigenvalue weighted by molar-refractivity contribution is 0.0443. The zero-order valence-corrected chi connectivity index (χ0v) is 14.6. The first-order valence-corrected chi connectivity index (χ1v) is 9.61. The van der Waals surface area contributed by atoms with E-state index in [2.05, 4.69) is 23.1 Å². The molecule has 0 amide bonds. The van der Waals surface area contributed by atoms with Crippen molar-refractivity contribution in [1.29, 1.82) is 0 Å². The Hall–Kier alpha value is -1.64. The number of rotatable bonds is 2. The Labute approximate surface area is 144 Å². The lowest BCUT2D eigenvalue weighted by atomic mass is 9.58. The average Bonchev–Trinajstić information content (AvgIpc) is 3.08. The summed E-state index contributed by atoms with van der Waals surface area (Å²) in [5.74, 6) is 1.73. The van der Waals surface area contributed by atoms with Gasteiger partial charge in [-0.25, -0.2) is 0 Å². The normalized spacial score (nSPS) is 28.6. The minimum absolute atomic E-state index is 0.592. The highest BCUT2D eigenvalue weighted by molar-refractivity contribution is 5.95. The number of hydrogen-bond acceptors (Lipinski definition) is 3. The van der Waals surface area contributed by atoms with Crippen LogP contribution in [0.15, 0.2) is 28.9 Å². The predicted octanol–water partition coefficient (Wildman–Crippen LogP) is 5.38. The van der Waals surface area contributed by atoms with Gasteiger partial charge in [0, 0.05) is 23.7 Å². The molecule has 1 aromatic carbocycles. The third-order valence-corrected chi connectivity index (χ3v) is 6.97. The number of benzene rings is 1. The molecule has 1 spiro atoms. The van der Waals surface area contributed by atoms with Gasteiger partial charge in [-0.3, -0.25) is 0 Å². The molecule has 24 heavy (non-hydrogen) atoms. The fourth-order valence-electron chi connectivity index (χ4n) is 5.67. The third-order valence-electron chi connectivity index (χ3n) is 6.97. The zero-order valence-electron chi connectivity index (χ0n) is 14.6. The van der Waals surface area contributed by atoms with Gasteiger partial charge in [-0.15, -0.1) is 0 Å². The Morgan fingerprint density at radius 3 is 2.79 bits per heavy atom. The molecule has 1 aliphatic heterocycles. The first kappa shape index (κ1) is 14.7. The van der Waals surface area contributed by atoms with Crippen LogP contribution in [0.2, 0.25) is 0 Å². The Morgan fingerprint density at radius 2 is 2.00 bits per heavy atom. The molecule has 2 heterocycles. The first-order valence-electron chi connectivity index (χ1n) is 9.61. The van der Waals surface area contributed by atoms with Gasteiger partial charge in [0.25, 0.3) is 0 Å². The van der Waals surface area contributed by atoms with Crippen molar-refractivity contribution >= 4 is 16.7 Å². The van der Waals surface area contributed by atoms with Gasteiger partial charge in [-0.1, -0.05) is 19.3 Å². The lowest BCUT2D eigenvalue weighted by Crippen LogP contribution is -2.57. The van der Waals surface area contributed by atoms with Gasteiger partial charge < -0.3 is 14.1 Å².